The Bertz CT molecular complexity index is 764. The number of piperazine rings is 1. The SMILES string of the molecule is CC1CC1c1ccc(CN2CCN(c3ncccc3C(N)=O)CC2)o1. The third-order valence-electron chi connectivity index (χ3n) is 5.26. The van der Waals surface area contributed by atoms with E-state index in [0.29, 0.717) is 17.3 Å². The number of rotatable bonds is 5. The van der Waals surface area contributed by atoms with E-state index in [1.165, 1.54) is 6.42 Å². The van der Waals surface area contributed by atoms with Crippen molar-refractivity contribution in [2.75, 3.05) is 31.1 Å². The van der Waals surface area contributed by atoms with Crippen LogP contribution >= 0.6 is 0 Å². The Morgan fingerprint density at radius 3 is 2.72 bits per heavy atom. The van der Waals surface area contributed by atoms with Crippen LogP contribution in [-0.2, 0) is 6.54 Å². The van der Waals surface area contributed by atoms with Crippen molar-refractivity contribution in [2.24, 2.45) is 11.7 Å². The van der Waals surface area contributed by atoms with Gasteiger partial charge in [-0.25, -0.2) is 4.98 Å². The van der Waals surface area contributed by atoms with E-state index in [1.807, 2.05) is 0 Å². The average molecular weight is 340 g/mol. The summed E-state index contributed by atoms with van der Waals surface area (Å²) < 4.78 is 6.01. The molecule has 6 nitrogen and oxygen atoms in total. The third kappa shape index (κ3) is 3.39. The smallest absolute Gasteiger partial charge is 0.252 e. The number of anilines is 1. The predicted molar refractivity (Wildman–Crippen MR) is 95.5 cm³/mol. The monoisotopic (exact) mass is 340 g/mol. The zero-order valence-electron chi connectivity index (χ0n) is 14.5. The highest BCUT2D eigenvalue weighted by atomic mass is 16.3. The maximum Gasteiger partial charge on any atom is 0.252 e. The fourth-order valence-electron chi connectivity index (χ4n) is 3.58. The Balaban J connectivity index is 1.36. The van der Waals surface area contributed by atoms with Crippen LogP contribution in [0.25, 0.3) is 0 Å². The normalized spacial score (nSPS) is 23.6. The highest BCUT2D eigenvalue weighted by Gasteiger charge is 2.36. The van der Waals surface area contributed by atoms with E-state index >= 15 is 0 Å². The number of pyridine rings is 1. The van der Waals surface area contributed by atoms with Crippen molar-refractivity contribution in [1.82, 2.24) is 9.88 Å². The van der Waals surface area contributed by atoms with Crippen molar-refractivity contribution >= 4 is 11.7 Å². The average Bonchev–Trinajstić information content (AvgIpc) is 3.17. The summed E-state index contributed by atoms with van der Waals surface area (Å²) in [6.45, 7) is 6.56. The molecule has 3 heterocycles. The largest absolute Gasteiger partial charge is 0.464 e. The molecular formula is C19H24N4O2. The van der Waals surface area contributed by atoms with Crippen LogP contribution in [0.4, 0.5) is 5.82 Å². The summed E-state index contributed by atoms with van der Waals surface area (Å²) >= 11 is 0. The van der Waals surface area contributed by atoms with Crippen LogP contribution in [0, 0.1) is 5.92 Å². The first kappa shape index (κ1) is 16.1. The minimum Gasteiger partial charge on any atom is -0.464 e. The van der Waals surface area contributed by atoms with Gasteiger partial charge in [-0.05, 0) is 36.6 Å². The van der Waals surface area contributed by atoms with Gasteiger partial charge in [0.1, 0.15) is 17.3 Å². The first-order chi connectivity index (χ1) is 12.1. The molecule has 2 aromatic heterocycles. The summed E-state index contributed by atoms with van der Waals surface area (Å²) in [5.41, 5.74) is 5.95. The van der Waals surface area contributed by atoms with Crippen LogP contribution in [0.1, 0.15) is 41.1 Å². The Labute approximate surface area is 147 Å². The quantitative estimate of drug-likeness (QED) is 0.903. The number of amides is 1. The van der Waals surface area contributed by atoms with Crippen molar-refractivity contribution in [3.63, 3.8) is 0 Å². The molecule has 2 aliphatic rings. The van der Waals surface area contributed by atoms with E-state index in [2.05, 4.69) is 33.8 Å². The molecule has 6 heteroatoms. The molecule has 1 saturated heterocycles. The van der Waals surface area contributed by atoms with Gasteiger partial charge in [-0.15, -0.1) is 0 Å². The van der Waals surface area contributed by atoms with Gasteiger partial charge in [-0.2, -0.15) is 0 Å². The first-order valence-corrected chi connectivity index (χ1v) is 8.92. The van der Waals surface area contributed by atoms with Crippen LogP contribution in [-0.4, -0.2) is 42.0 Å². The van der Waals surface area contributed by atoms with Gasteiger partial charge in [0.15, 0.2) is 0 Å². The Hall–Kier alpha value is -2.34. The summed E-state index contributed by atoms with van der Waals surface area (Å²) in [5.74, 6) is 3.84. The number of nitrogens with two attached hydrogens (primary N) is 1. The summed E-state index contributed by atoms with van der Waals surface area (Å²) in [4.78, 5) is 20.5. The lowest BCUT2D eigenvalue weighted by Crippen LogP contribution is -2.46. The predicted octanol–water partition coefficient (Wildman–Crippen LogP) is 2.22. The number of nitrogens with zero attached hydrogens (tertiary/aromatic N) is 3. The van der Waals surface area contributed by atoms with Gasteiger partial charge in [0, 0.05) is 38.3 Å². The molecule has 2 aromatic rings. The topological polar surface area (TPSA) is 75.6 Å². The number of hydrogen-bond acceptors (Lipinski definition) is 5. The fraction of sp³-hybridized carbons (Fsp3) is 0.474. The molecule has 1 amide bonds. The maximum atomic E-state index is 11.6. The molecule has 1 saturated carbocycles. The van der Waals surface area contributed by atoms with Gasteiger partial charge in [-0.3, -0.25) is 9.69 Å². The number of aromatic nitrogens is 1. The van der Waals surface area contributed by atoms with Gasteiger partial charge in [0.2, 0.25) is 0 Å². The molecule has 132 valence electrons. The lowest BCUT2D eigenvalue weighted by Gasteiger charge is -2.35. The molecule has 0 spiro atoms. The molecule has 0 bridgehead atoms. The zero-order valence-corrected chi connectivity index (χ0v) is 14.5. The van der Waals surface area contributed by atoms with Gasteiger partial charge in [0.25, 0.3) is 5.91 Å². The highest BCUT2D eigenvalue weighted by Crippen LogP contribution is 2.47. The van der Waals surface area contributed by atoms with Crippen molar-refractivity contribution in [3.05, 3.63) is 47.5 Å². The van der Waals surface area contributed by atoms with Crippen LogP contribution in [0.5, 0.6) is 0 Å². The van der Waals surface area contributed by atoms with Gasteiger partial charge >= 0.3 is 0 Å². The second-order valence-electron chi connectivity index (χ2n) is 7.13. The number of hydrogen-bond donors (Lipinski definition) is 1. The number of primary amides is 1. The molecule has 2 unspecified atom stereocenters. The number of carbonyl (C=O) groups is 1. The molecule has 2 atom stereocenters. The Morgan fingerprint density at radius 2 is 2.04 bits per heavy atom. The van der Waals surface area contributed by atoms with Gasteiger partial charge < -0.3 is 15.1 Å². The lowest BCUT2D eigenvalue weighted by molar-refractivity contribution is 0.1000. The maximum absolute atomic E-state index is 11.6. The summed E-state index contributed by atoms with van der Waals surface area (Å²) in [6, 6.07) is 7.72. The molecule has 1 aliphatic heterocycles. The van der Waals surface area contributed by atoms with Crippen LogP contribution in [0.3, 0.4) is 0 Å². The minimum atomic E-state index is -0.428. The van der Waals surface area contributed by atoms with Crippen LogP contribution < -0.4 is 10.6 Å². The minimum absolute atomic E-state index is 0.428. The van der Waals surface area contributed by atoms with Crippen molar-refractivity contribution in [3.8, 4) is 0 Å². The molecule has 4 rings (SSSR count). The van der Waals surface area contributed by atoms with Crippen molar-refractivity contribution in [2.45, 2.75) is 25.8 Å². The summed E-state index contributed by atoms with van der Waals surface area (Å²) in [7, 11) is 0. The van der Waals surface area contributed by atoms with Gasteiger partial charge in [0.05, 0.1) is 12.1 Å². The third-order valence-corrected chi connectivity index (χ3v) is 5.26. The zero-order chi connectivity index (χ0) is 17.4. The molecule has 2 fully saturated rings. The van der Waals surface area contributed by atoms with Crippen molar-refractivity contribution in [1.29, 1.82) is 0 Å². The molecular weight excluding hydrogens is 316 g/mol. The standard InChI is InChI=1S/C19H24N4O2/c1-13-11-16(13)17-5-4-14(25-17)12-22-7-9-23(10-8-22)19-15(18(20)24)3-2-6-21-19/h2-6,13,16H,7-12H2,1H3,(H2,20,24). The van der Waals surface area contributed by atoms with E-state index in [-0.39, 0.29) is 0 Å². The van der Waals surface area contributed by atoms with E-state index in [4.69, 9.17) is 10.2 Å². The molecule has 1 aliphatic carbocycles. The second-order valence-corrected chi connectivity index (χ2v) is 7.13. The van der Waals surface area contributed by atoms with E-state index in [1.54, 1.807) is 18.3 Å². The van der Waals surface area contributed by atoms with E-state index in [0.717, 1.165) is 50.2 Å². The number of furan rings is 1. The molecule has 25 heavy (non-hydrogen) atoms. The Morgan fingerprint density at radius 1 is 1.28 bits per heavy atom. The Kier molecular flexibility index (Phi) is 4.21. The van der Waals surface area contributed by atoms with Gasteiger partial charge in [-0.1, -0.05) is 6.92 Å². The van der Waals surface area contributed by atoms with Crippen LogP contribution in [0.2, 0.25) is 0 Å². The molecule has 0 aromatic carbocycles. The highest BCUT2D eigenvalue weighted by molar-refractivity contribution is 5.97. The summed E-state index contributed by atoms with van der Waals surface area (Å²) in [6.07, 6.45) is 2.95. The molecule has 2 N–H and O–H groups in total. The molecule has 0 radical (unpaired) electrons. The van der Waals surface area contributed by atoms with Crippen LogP contribution in [0.15, 0.2) is 34.9 Å². The van der Waals surface area contributed by atoms with E-state index in [9.17, 15) is 4.79 Å². The fourth-order valence-corrected chi connectivity index (χ4v) is 3.58. The first-order valence-electron chi connectivity index (χ1n) is 8.92. The summed E-state index contributed by atoms with van der Waals surface area (Å²) in [5, 5.41) is 0. The van der Waals surface area contributed by atoms with E-state index < -0.39 is 5.91 Å². The number of carbonyl (C=O) groups excluding carboxylic acids is 1. The lowest BCUT2D eigenvalue weighted by atomic mass is 10.2. The second kappa shape index (κ2) is 6.52. The van der Waals surface area contributed by atoms with Crippen molar-refractivity contribution < 1.29 is 9.21 Å².